The molecule has 92 valence electrons. The van der Waals surface area contributed by atoms with E-state index in [2.05, 4.69) is 10.3 Å². The molecule has 0 aliphatic heterocycles. The SMILES string of the molecule is Clc1cc(Cl)cc(NCc2cn3ccsc3n2)c1. The summed E-state index contributed by atoms with van der Waals surface area (Å²) in [6, 6.07) is 5.39. The van der Waals surface area contributed by atoms with Gasteiger partial charge in [-0.3, -0.25) is 4.40 Å². The molecule has 2 aromatic heterocycles. The molecule has 1 N–H and O–H groups in total. The Labute approximate surface area is 118 Å². The lowest BCUT2D eigenvalue weighted by Crippen LogP contribution is -1.99. The van der Waals surface area contributed by atoms with Gasteiger partial charge in [0.05, 0.1) is 12.2 Å². The van der Waals surface area contributed by atoms with Crippen molar-refractivity contribution in [2.45, 2.75) is 6.54 Å². The van der Waals surface area contributed by atoms with Crippen molar-refractivity contribution < 1.29 is 0 Å². The van der Waals surface area contributed by atoms with Gasteiger partial charge in [-0.2, -0.15) is 0 Å². The molecule has 0 bridgehead atoms. The summed E-state index contributed by atoms with van der Waals surface area (Å²) < 4.78 is 2.01. The molecule has 3 aromatic rings. The second-order valence-corrected chi connectivity index (χ2v) is 5.58. The Hall–Kier alpha value is -1.23. The van der Waals surface area contributed by atoms with E-state index in [9.17, 15) is 0 Å². The lowest BCUT2D eigenvalue weighted by atomic mass is 10.3. The molecule has 6 heteroatoms. The van der Waals surface area contributed by atoms with E-state index in [0.717, 1.165) is 16.3 Å². The Morgan fingerprint density at radius 2 is 2.00 bits per heavy atom. The largest absolute Gasteiger partial charge is 0.379 e. The first-order chi connectivity index (χ1) is 8.70. The summed E-state index contributed by atoms with van der Waals surface area (Å²) in [6.45, 7) is 0.644. The van der Waals surface area contributed by atoms with Crippen molar-refractivity contribution in [3.8, 4) is 0 Å². The van der Waals surface area contributed by atoms with Gasteiger partial charge in [-0.25, -0.2) is 4.98 Å². The third kappa shape index (κ3) is 2.46. The van der Waals surface area contributed by atoms with E-state index in [1.807, 2.05) is 34.3 Å². The number of hydrogen-bond donors (Lipinski definition) is 1. The fourth-order valence-corrected chi connectivity index (χ4v) is 2.95. The monoisotopic (exact) mass is 297 g/mol. The minimum Gasteiger partial charge on any atom is -0.379 e. The summed E-state index contributed by atoms with van der Waals surface area (Å²) >= 11 is 13.5. The van der Waals surface area contributed by atoms with Crippen molar-refractivity contribution in [3.05, 3.63) is 51.7 Å². The first kappa shape index (κ1) is 11.8. The molecular formula is C12H9Cl2N3S. The lowest BCUT2D eigenvalue weighted by Gasteiger charge is -2.05. The summed E-state index contributed by atoms with van der Waals surface area (Å²) in [5, 5.41) is 6.51. The molecule has 0 saturated heterocycles. The number of aromatic nitrogens is 2. The molecule has 0 amide bonds. The first-order valence-corrected chi connectivity index (χ1v) is 6.95. The van der Waals surface area contributed by atoms with Gasteiger partial charge in [0.25, 0.3) is 0 Å². The van der Waals surface area contributed by atoms with E-state index in [1.54, 1.807) is 17.4 Å². The molecule has 0 unspecified atom stereocenters. The second-order valence-electron chi connectivity index (χ2n) is 3.84. The average Bonchev–Trinajstić information content (AvgIpc) is 2.84. The molecule has 2 heterocycles. The predicted molar refractivity (Wildman–Crippen MR) is 76.9 cm³/mol. The highest BCUT2D eigenvalue weighted by Crippen LogP contribution is 2.23. The fraction of sp³-hybridized carbons (Fsp3) is 0.0833. The molecule has 0 spiro atoms. The molecule has 0 atom stereocenters. The molecule has 0 fully saturated rings. The number of benzene rings is 1. The van der Waals surface area contributed by atoms with Crippen LogP contribution in [0.5, 0.6) is 0 Å². The van der Waals surface area contributed by atoms with Crippen molar-refractivity contribution >= 4 is 45.2 Å². The molecule has 3 rings (SSSR count). The van der Waals surface area contributed by atoms with Crippen LogP contribution < -0.4 is 5.32 Å². The number of nitrogens with one attached hydrogen (secondary N) is 1. The standard InChI is InChI=1S/C12H9Cl2N3S/c13-8-3-9(14)5-10(4-8)15-6-11-7-17-1-2-18-12(17)16-11/h1-5,7,15H,6H2. The van der Waals surface area contributed by atoms with Crippen LogP contribution in [0.3, 0.4) is 0 Å². The minimum absolute atomic E-state index is 0.621. The molecule has 3 nitrogen and oxygen atoms in total. The molecule has 0 saturated carbocycles. The maximum Gasteiger partial charge on any atom is 0.193 e. The quantitative estimate of drug-likeness (QED) is 0.780. The van der Waals surface area contributed by atoms with Crippen molar-refractivity contribution in [1.82, 2.24) is 9.38 Å². The molecule has 0 aliphatic rings. The van der Waals surface area contributed by atoms with Gasteiger partial charge >= 0.3 is 0 Å². The molecule has 0 radical (unpaired) electrons. The number of halogens is 2. The number of hydrogen-bond acceptors (Lipinski definition) is 3. The van der Waals surface area contributed by atoms with E-state index in [-0.39, 0.29) is 0 Å². The number of thiazole rings is 1. The Kier molecular flexibility index (Phi) is 3.16. The van der Waals surface area contributed by atoms with Gasteiger partial charge in [-0.15, -0.1) is 11.3 Å². The smallest absolute Gasteiger partial charge is 0.193 e. The van der Waals surface area contributed by atoms with Crippen LogP contribution in [-0.2, 0) is 6.54 Å². The van der Waals surface area contributed by atoms with Crippen LogP contribution >= 0.6 is 34.5 Å². The highest BCUT2D eigenvalue weighted by atomic mass is 35.5. The maximum absolute atomic E-state index is 5.94. The summed E-state index contributed by atoms with van der Waals surface area (Å²) in [6.07, 6.45) is 4.00. The Balaban J connectivity index is 1.75. The van der Waals surface area contributed by atoms with Crippen LogP contribution in [0.4, 0.5) is 5.69 Å². The summed E-state index contributed by atoms with van der Waals surface area (Å²) in [5.74, 6) is 0. The summed E-state index contributed by atoms with van der Waals surface area (Å²) in [7, 11) is 0. The van der Waals surface area contributed by atoms with Crippen LogP contribution in [0.15, 0.2) is 36.0 Å². The Morgan fingerprint density at radius 3 is 2.72 bits per heavy atom. The van der Waals surface area contributed by atoms with Crippen LogP contribution in [0.25, 0.3) is 4.96 Å². The van der Waals surface area contributed by atoms with E-state index in [1.165, 1.54) is 0 Å². The molecule has 1 aromatic carbocycles. The predicted octanol–water partition coefficient (Wildman–Crippen LogP) is 4.31. The highest BCUT2D eigenvalue weighted by Gasteiger charge is 2.03. The third-order valence-corrected chi connectivity index (χ3v) is 3.69. The van der Waals surface area contributed by atoms with Gasteiger partial charge in [0, 0.05) is 33.5 Å². The van der Waals surface area contributed by atoms with Crippen molar-refractivity contribution in [1.29, 1.82) is 0 Å². The fourth-order valence-electron chi connectivity index (χ4n) is 1.71. The number of imidazole rings is 1. The Morgan fingerprint density at radius 1 is 1.22 bits per heavy atom. The van der Waals surface area contributed by atoms with E-state index < -0.39 is 0 Å². The van der Waals surface area contributed by atoms with Gasteiger partial charge in [-0.05, 0) is 18.2 Å². The average molecular weight is 298 g/mol. The first-order valence-electron chi connectivity index (χ1n) is 5.32. The Bertz CT molecular complexity index is 641. The van der Waals surface area contributed by atoms with Gasteiger partial charge in [0.15, 0.2) is 4.96 Å². The number of anilines is 1. The van der Waals surface area contributed by atoms with Gasteiger partial charge < -0.3 is 5.32 Å². The van der Waals surface area contributed by atoms with E-state index >= 15 is 0 Å². The van der Waals surface area contributed by atoms with Crippen LogP contribution in [0.1, 0.15) is 5.69 Å². The van der Waals surface area contributed by atoms with E-state index in [4.69, 9.17) is 23.2 Å². The number of fused-ring (bicyclic) bond motifs is 1. The topological polar surface area (TPSA) is 29.3 Å². The van der Waals surface area contributed by atoms with E-state index in [0.29, 0.717) is 16.6 Å². The van der Waals surface area contributed by atoms with Crippen molar-refractivity contribution in [3.63, 3.8) is 0 Å². The number of nitrogens with zero attached hydrogens (tertiary/aromatic N) is 2. The number of rotatable bonds is 3. The van der Waals surface area contributed by atoms with Crippen LogP contribution in [0.2, 0.25) is 10.0 Å². The third-order valence-electron chi connectivity index (χ3n) is 2.48. The highest BCUT2D eigenvalue weighted by molar-refractivity contribution is 7.15. The maximum atomic E-state index is 5.94. The zero-order valence-corrected chi connectivity index (χ0v) is 11.6. The van der Waals surface area contributed by atoms with Crippen molar-refractivity contribution in [2.24, 2.45) is 0 Å². The lowest BCUT2D eigenvalue weighted by molar-refractivity contribution is 1.08. The molecular weight excluding hydrogens is 289 g/mol. The van der Waals surface area contributed by atoms with Gasteiger partial charge in [-0.1, -0.05) is 23.2 Å². The minimum atomic E-state index is 0.621. The second kappa shape index (κ2) is 4.80. The van der Waals surface area contributed by atoms with Gasteiger partial charge in [0.2, 0.25) is 0 Å². The summed E-state index contributed by atoms with van der Waals surface area (Å²) in [4.78, 5) is 5.48. The van der Waals surface area contributed by atoms with Crippen molar-refractivity contribution in [2.75, 3.05) is 5.32 Å². The summed E-state index contributed by atoms with van der Waals surface area (Å²) in [5.41, 5.74) is 1.88. The van der Waals surface area contributed by atoms with Gasteiger partial charge in [0.1, 0.15) is 0 Å². The van der Waals surface area contributed by atoms with Crippen LogP contribution in [0, 0.1) is 0 Å². The zero-order valence-electron chi connectivity index (χ0n) is 9.23. The zero-order chi connectivity index (χ0) is 12.5. The molecule has 18 heavy (non-hydrogen) atoms. The van der Waals surface area contributed by atoms with Crippen LogP contribution in [-0.4, -0.2) is 9.38 Å². The normalized spacial score (nSPS) is 11.0. The molecule has 0 aliphatic carbocycles.